The summed E-state index contributed by atoms with van der Waals surface area (Å²) in [5.74, 6) is -0.0340. The first kappa shape index (κ1) is 10.7. The van der Waals surface area contributed by atoms with E-state index in [1.807, 2.05) is 0 Å². The fourth-order valence-corrected chi connectivity index (χ4v) is 2.30. The number of rotatable bonds is 3. The SMILES string of the molecule is CNCc1oc2c(F)cc(F)cc2c1C1CC1. The van der Waals surface area contributed by atoms with Crippen molar-refractivity contribution in [2.45, 2.75) is 25.3 Å². The third kappa shape index (κ3) is 1.72. The molecule has 0 spiro atoms. The van der Waals surface area contributed by atoms with Crippen LogP contribution in [0.4, 0.5) is 8.78 Å². The molecule has 0 radical (unpaired) electrons. The summed E-state index contributed by atoms with van der Waals surface area (Å²) in [6.45, 7) is 0.543. The molecule has 1 aromatic heterocycles. The van der Waals surface area contributed by atoms with E-state index in [4.69, 9.17) is 4.42 Å². The average molecular weight is 237 g/mol. The highest BCUT2D eigenvalue weighted by Gasteiger charge is 2.31. The number of nitrogens with one attached hydrogen (secondary N) is 1. The van der Waals surface area contributed by atoms with Crippen molar-refractivity contribution >= 4 is 11.0 Å². The molecule has 0 amide bonds. The highest BCUT2D eigenvalue weighted by atomic mass is 19.1. The number of furan rings is 1. The summed E-state index contributed by atoms with van der Waals surface area (Å²) in [6, 6.07) is 2.24. The lowest BCUT2D eigenvalue weighted by molar-refractivity contribution is 0.499. The van der Waals surface area contributed by atoms with Crippen LogP contribution >= 0.6 is 0 Å². The van der Waals surface area contributed by atoms with E-state index in [1.54, 1.807) is 7.05 Å². The standard InChI is InChI=1S/C13H13F2NO/c1-16-6-11-12(7-2-3-7)9-4-8(14)5-10(15)13(9)17-11/h4-5,7,16H,2-3,6H2,1H3. The van der Waals surface area contributed by atoms with Gasteiger partial charge in [-0.1, -0.05) is 0 Å². The van der Waals surface area contributed by atoms with E-state index in [0.29, 0.717) is 17.8 Å². The Labute approximate surface area is 97.6 Å². The van der Waals surface area contributed by atoms with Crippen LogP contribution in [0.5, 0.6) is 0 Å². The lowest BCUT2D eigenvalue weighted by atomic mass is 10.1. The van der Waals surface area contributed by atoms with Crippen molar-refractivity contribution in [3.63, 3.8) is 0 Å². The molecule has 1 saturated carbocycles. The van der Waals surface area contributed by atoms with Crippen molar-refractivity contribution in [2.75, 3.05) is 7.05 Å². The first-order chi connectivity index (χ1) is 8.20. The topological polar surface area (TPSA) is 25.2 Å². The zero-order valence-electron chi connectivity index (χ0n) is 9.52. The third-order valence-corrected chi connectivity index (χ3v) is 3.15. The largest absolute Gasteiger partial charge is 0.456 e. The number of halogens is 2. The summed E-state index contributed by atoms with van der Waals surface area (Å²) in [4.78, 5) is 0. The Morgan fingerprint density at radius 3 is 2.76 bits per heavy atom. The second kappa shape index (κ2) is 3.81. The molecule has 2 nitrogen and oxygen atoms in total. The maximum absolute atomic E-state index is 13.6. The smallest absolute Gasteiger partial charge is 0.170 e. The van der Waals surface area contributed by atoms with Gasteiger partial charge < -0.3 is 9.73 Å². The molecular formula is C13H13F2NO. The molecule has 90 valence electrons. The lowest BCUT2D eigenvalue weighted by Crippen LogP contribution is -2.05. The van der Waals surface area contributed by atoms with E-state index in [2.05, 4.69) is 5.32 Å². The van der Waals surface area contributed by atoms with Gasteiger partial charge in [0.1, 0.15) is 11.6 Å². The molecule has 0 saturated heterocycles. The Hall–Kier alpha value is -1.42. The van der Waals surface area contributed by atoms with Gasteiger partial charge in [0.15, 0.2) is 11.4 Å². The zero-order chi connectivity index (χ0) is 12.0. The van der Waals surface area contributed by atoms with Crippen LogP contribution in [0.3, 0.4) is 0 Å². The summed E-state index contributed by atoms with van der Waals surface area (Å²) in [6.07, 6.45) is 2.15. The molecular weight excluding hydrogens is 224 g/mol. The van der Waals surface area contributed by atoms with Gasteiger partial charge in [0.05, 0.1) is 6.54 Å². The van der Waals surface area contributed by atoms with Crippen molar-refractivity contribution in [2.24, 2.45) is 0 Å². The van der Waals surface area contributed by atoms with Gasteiger partial charge in [-0.2, -0.15) is 0 Å². The molecule has 1 aromatic carbocycles. The van der Waals surface area contributed by atoms with Crippen molar-refractivity contribution in [1.29, 1.82) is 0 Å². The minimum absolute atomic E-state index is 0.179. The number of fused-ring (bicyclic) bond motifs is 1. The van der Waals surface area contributed by atoms with E-state index in [1.165, 1.54) is 6.07 Å². The molecule has 0 unspecified atom stereocenters. The number of hydrogen-bond donors (Lipinski definition) is 1. The monoisotopic (exact) mass is 237 g/mol. The van der Waals surface area contributed by atoms with Gasteiger partial charge in [-0.05, 0) is 31.9 Å². The number of benzene rings is 1. The summed E-state index contributed by atoms with van der Waals surface area (Å²) in [7, 11) is 1.81. The minimum atomic E-state index is -0.621. The highest BCUT2D eigenvalue weighted by Crippen LogP contribution is 2.46. The van der Waals surface area contributed by atoms with E-state index in [0.717, 1.165) is 30.2 Å². The molecule has 1 heterocycles. The second-order valence-electron chi connectivity index (χ2n) is 4.51. The predicted octanol–water partition coefficient (Wildman–Crippen LogP) is 3.31. The molecule has 0 atom stereocenters. The zero-order valence-corrected chi connectivity index (χ0v) is 9.52. The van der Waals surface area contributed by atoms with Gasteiger partial charge in [-0.15, -0.1) is 0 Å². The summed E-state index contributed by atoms with van der Waals surface area (Å²) < 4.78 is 32.4. The van der Waals surface area contributed by atoms with E-state index in [-0.39, 0.29) is 5.58 Å². The third-order valence-electron chi connectivity index (χ3n) is 3.15. The average Bonchev–Trinajstić information content (AvgIpc) is 3.03. The fraction of sp³-hybridized carbons (Fsp3) is 0.385. The molecule has 1 N–H and O–H groups in total. The first-order valence-electron chi connectivity index (χ1n) is 5.75. The molecule has 1 aliphatic carbocycles. The van der Waals surface area contributed by atoms with Gasteiger partial charge in [0.25, 0.3) is 0 Å². The van der Waals surface area contributed by atoms with Crippen LogP contribution in [-0.4, -0.2) is 7.05 Å². The van der Waals surface area contributed by atoms with Crippen LogP contribution in [0.2, 0.25) is 0 Å². The van der Waals surface area contributed by atoms with Gasteiger partial charge in [0, 0.05) is 17.0 Å². The Kier molecular flexibility index (Phi) is 2.40. The molecule has 0 aliphatic heterocycles. The van der Waals surface area contributed by atoms with Crippen LogP contribution in [0.25, 0.3) is 11.0 Å². The van der Waals surface area contributed by atoms with E-state index in [9.17, 15) is 8.78 Å². The van der Waals surface area contributed by atoms with Crippen LogP contribution in [0, 0.1) is 11.6 Å². The number of hydrogen-bond acceptors (Lipinski definition) is 2. The molecule has 17 heavy (non-hydrogen) atoms. The van der Waals surface area contributed by atoms with Crippen LogP contribution in [-0.2, 0) is 6.54 Å². The Morgan fingerprint density at radius 2 is 2.12 bits per heavy atom. The Balaban J connectivity index is 2.26. The Morgan fingerprint density at radius 1 is 1.35 bits per heavy atom. The highest BCUT2D eigenvalue weighted by molar-refractivity contribution is 5.84. The second-order valence-corrected chi connectivity index (χ2v) is 4.51. The van der Waals surface area contributed by atoms with Gasteiger partial charge in [0.2, 0.25) is 0 Å². The molecule has 1 aliphatic rings. The molecule has 1 fully saturated rings. The lowest BCUT2D eigenvalue weighted by Gasteiger charge is -1.99. The minimum Gasteiger partial charge on any atom is -0.456 e. The van der Waals surface area contributed by atoms with Crippen LogP contribution < -0.4 is 5.32 Å². The fourth-order valence-electron chi connectivity index (χ4n) is 2.30. The molecule has 0 bridgehead atoms. The summed E-state index contributed by atoms with van der Waals surface area (Å²) >= 11 is 0. The summed E-state index contributed by atoms with van der Waals surface area (Å²) in [5, 5.41) is 3.58. The Bertz CT molecular complexity index is 572. The quantitative estimate of drug-likeness (QED) is 0.886. The van der Waals surface area contributed by atoms with Crippen molar-refractivity contribution in [3.8, 4) is 0 Å². The van der Waals surface area contributed by atoms with Gasteiger partial charge in [-0.3, -0.25) is 0 Å². The molecule has 4 heteroatoms. The maximum atomic E-state index is 13.6. The summed E-state index contributed by atoms with van der Waals surface area (Å²) in [5.41, 5.74) is 1.16. The van der Waals surface area contributed by atoms with E-state index < -0.39 is 11.6 Å². The van der Waals surface area contributed by atoms with E-state index >= 15 is 0 Å². The van der Waals surface area contributed by atoms with Crippen molar-refractivity contribution in [1.82, 2.24) is 5.32 Å². The van der Waals surface area contributed by atoms with Gasteiger partial charge in [-0.25, -0.2) is 8.78 Å². The molecule has 3 rings (SSSR count). The van der Waals surface area contributed by atoms with Crippen LogP contribution in [0.15, 0.2) is 16.5 Å². The normalized spacial score (nSPS) is 15.7. The van der Waals surface area contributed by atoms with Crippen molar-refractivity contribution in [3.05, 3.63) is 35.1 Å². The van der Waals surface area contributed by atoms with Gasteiger partial charge >= 0.3 is 0 Å². The maximum Gasteiger partial charge on any atom is 0.170 e. The van der Waals surface area contributed by atoms with Crippen LogP contribution in [0.1, 0.15) is 30.1 Å². The first-order valence-corrected chi connectivity index (χ1v) is 5.75. The van der Waals surface area contributed by atoms with Crippen molar-refractivity contribution < 1.29 is 13.2 Å². The molecule has 2 aromatic rings. The predicted molar refractivity (Wildman–Crippen MR) is 60.9 cm³/mol.